The molecule has 1 heterocycles. The molecule has 0 aromatic rings. The molecule has 1 saturated heterocycles. The van der Waals surface area contributed by atoms with Crippen molar-refractivity contribution < 1.29 is 42.2 Å². The molecular formula is C8H14NO2Y-. The molecule has 1 rings (SSSR count). The standard InChI is InChI=1S/C8H14NO2.Y/c1-8(2,3)11-7(10)9-5-4-6-9;/h4H,5-6H2,1-3H3;/q-1;. The molecule has 1 radical (unpaired) electrons. The SMILES string of the molecule is CC(C)(C)OC(=O)N1C[CH-]C1.[Y]. The third-order valence-electron chi connectivity index (χ3n) is 1.35. The van der Waals surface area contributed by atoms with Gasteiger partial charge in [0.15, 0.2) is 0 Å². The Kier molecular flexibility index (Phi) is 4.71. The molecule has 0 aliphatic carbocycles. The van der Waals surface area contributed by atoms with Gasteiger partial charge in [-0.2, -0.15) is 0 Å². The quantitative estimate of drug-likeness (QED) is 0.604. The number of nitrogens with zero attached hydrogens (tertiary/aromatic N) is 1. The summed E-state index contributed by atoms with van der Waals surface area (Å²) in [5, 5.41) is 0. The van der Waals surface area contributed by atoms with Crippen LogP contribution in [0.15, 0.2) is 0 Å². The summed E-state index contributed by atoms with van der Waals surface area (Å²) < 4.78 is 5.11. The Morgan fingerprint density at radius 3 is 2.17 bits per heavy atom. The molecule has 0 aromatic carbocycles. The average Bonchev–Trinajstić information content (AvgIpc) is 1.50. The monoisotopic (exact) mass is 245 g/mol. The molecule has 0 spiro atoms. The summed E-state index contributed by atoms with van der Waals surface area (Å²) in [6.45, 7) is 7.07. The van der Waals surface area contributed by atoms with Gasteiger partial charge in [-0.1, -0.05) is 0 Å². The van der Waals surface area contributed by atoms with Gasteiger partial charge in [-0.15, -0.1) is 13.1 Å². The van der Waals surface area contributed by atoms with E-state index in [-0.39, 0.29) is 44.4 Å². The zero-order valence-electron chi connectivity index (χ0n) is 7.83. The van der Waals surface area contributed by atoms with Crippen LogP contribution in [0.25, 0.3) is 0 Å². The maximum Gasteiger partial charge on any atom is 0.405 e. The minimum absolute atomic E-state index is 0. The molecule has 3 nitrogen and oxygen atoms in total. The van der Waals surface area contributed by atoms with E-state index in [9.17, 15) is 4.79 Å². The Bertz CT molecular complexity index is 161. The molecule has 0 unspecified atom stereocenters. The predicted molar refractivity (Wildman–Crippen MR) is 42.1 cm³/mol. The van der Waals surface area contributed by atoms with Crippen LogP contribution in [0.3, 0.4) is 0 Å². The van der Waals surface area contributed by atoms with Crippen LogP contribution in [0.5, 0.6) is 0 Å². The second-order valence-electron chi connectivity index (χ2n) is 3.67. The number of carbonyl (C=O) groups excluding carboxylic acids is 1. The number of amides is 1. The van der Waals surface area contributed by atoms with E-state index in [1.165, 1.54) is 0 Å². The summed E-state index contributed by atoms with van der Waals surface area (Å²) in [7, 11) is 0. The molecule has 0 atom stereocenters. The maximum absolute atomic E-state index is 11.1. The summed E-state index contributed by atoms with van der Waals surface area (Å²) in [5.41, 5.74) is -0.368. The fourth-order valence-corrected chi connectivity index (χ4v) is 0.734. The van der Waals surface area contributed by atoms with E-state index in [0.717, 1.165) is 13.1 Å². The fraction of sp³-hybridized carbons (Fsp3) is 0.750. The van der Waals surface area contributed by atoms with Crippen molar-refractivity contribution in [2.45, 2.75) is 26.4 Å². The third-order valence-corrected chi connectivity index (χ3v) is 1.35. The number of hydrogen-bond donors (Lipinski definition) is 0. The van der Waals surface area contributed by atoms with Crippen molar-refractivity contribution >= 4 is 6.09 Å². The van der Waals surface area contributed by atoms with Gasteiger partial charge >= 0.3 is 6.09 Å². The van der Waals surface area contributed by atoms with Crippen LogP contribution < -0.4 is 0 Å². The molecule has 1 fully saturated rings. The van der Waals surface area contributed by atoms with Gasteiger partial charge in [0.1, 0.15) is 5.60 Å². The normalized spacial score (nSPS) is 16.1. The first kappa shape index (κ1) is 12.4. The molecule has 0 saturated carbocycles. The average molecular weight is 245 g/mol. The van der Waals surface area contributed by atoms with E-state index in [1.54, 1.807) is 4.90 Å². The Balaban J connectivity index is 0.00000121. The first-order chi connectivity index (χ1) is 4.99. The second-order valence-corrected chi connectivity index (χ2v) is 3.67. The van der Waals surface area contributed by atoms with Crippen LogP contribution in [0.2, 0.25) is 0 Å². The topological polar surface area (TPSA) is 29.5 Å². The van der Waals surface area contributed by atoms with Crippen LogP contribution in [0, 0.1) is 6.42 Å². The summed E-state index contributed by atoms with van der Waals surface area (Å²) in [5.74, 6) is 0. The van der Waals surface area contributed by atoms with Crippen LogP contribution in [-0.2, 0) is 37.4 Å². The number of rotatable bonds is 0. The zero-order valence-corrected chi connectivity index (χ0v) is 10.7. The zero-order chi connectivity index (χ0) is 8.48. The summed E-state index contributed by atoms with van der Waals surface area (Å²) in [4.78, 5) is 12.8. The van der Waals surface area contributed by atoms with Gasteiger partial charge < -0.3 is 9.64 Å². The molecule has 12 heavy (non-hydrogen) atoms. The van der Waals surface area contributed by atoms with E-state index in [4.69, 9.17) is 4.74 Å². The van der Waals surface area contributed by atoms with Gasteiger partial charge in [0.05, 0.1) is 0 Å². The summed E-state index contributed by atoms with van der Waals surface area (Å²) in [6, 6.07) is 0. The molecule has 1 amide bonds. The number of ether oxygens (including phenoxy) is 1. The van der Waals surface area contributed by atoms with Crippen LogP contribution in [0.1, 0.15) is 20.8 Å². The summed E-state index contributed by atoms with van der Waals surface area (Å²) in [6.07, 6.45) is 1.82. The van der Waals surface area contributed by atoms with Crippen LogP contribution >= 0.6 is 0 Å². The minimum atomic E-state index is -0.368. The van der Waals surface area contributed by atoms with E-state index < -0.39 is 0 Å². The van der Waals surface area contributed by atoms with Gasteiger partial charge in [-0.3, -0.25) is 6.42 Å². The predicted octanol–water partition coefficient (Wildman–Crippen LogP) is 1.44. The number of hydrogen-bond acceptors (Lipinski definition) is 2. The second kappa shape index (κ2) is 4.57. The molecule has 1 aliphatic rings. The maximum atomic E-state index is 11.1. The molecule has 0 N–H and O–H groups in total. The molecule has 1 aliphatic heterocycles. The first-order valence-corrected chi connectivity index (χ1v) is 3.78. The van der Waals surface area contributed by atoms with Crippen molar-refractivity contribution in [2.75, 3.05) is 13.1 Å². The van der Waals surface area contributed by atoms with E-state index in [1.807, 2.05) is 27.2 Å². The van der Waals surface area contributed by atoms with Crippen molar-refractivity contribution in [1.82, 2.24) is 4.90 Å². The first-order valence-electron chi connectivity index (χ1n) is 3.78. The molecule has 4 heteroatoms. The minimum Gasteiger partial charge on any atom is -0.444 e. The van der Waals surface area contributed by atoms with Crippen LogP contribution in [-0.4, -0.2) is 29.7 Å². The third kappa shape index (κ3) is 3.86. The van der Waals surface area contributed by atoms with Gasteiger partial charge in [0.25, 0.3) is 0 Å². The smallest absolute Gasteiger partial charge is 0.405 e. The van der Waals surface area contributed by atoms with Gasteiger partial charge in [0, 0.05) is 32.7 Å². The Labute approximate surface area is 98.7 Å². The van der Waals surface area contributed by atoms with Crippen molar-refractivity contribution in [3.05, 3.63) is 6.42 Å². The van der Waals surface area contributed by atoms with Gasteiger partial charge in [0.2, 0.25) is 0 Å². The largest absolute Gasteiger partial charge is 0.444 e. The van der Waals surface area contributed by atoms with Crippen molar-refractivity contribution in [2.24, 2.45) is 0 Å². The molecule has 0 aromatic heterocycles. The number of likely N-dealkylation sites (tertiary alicyclic amines) is 1. The fourth-order valence-electron chi connectivity index (χ4n) is 0.734. The van der Waals surface area contributed by atoms with Gasteiger partial charge in [-0.05, 0) is 20.8 Å². The van der Waals surface area contributed by atoms with Crippen LogP contribution in [0.4, 0.5) is 4.79 Å². The van der Waals surface area contributed by atoms with Crippen molar-refractivity contribution in [3.63, 3.8) is 0 Å². The summed E-state index contributed by atoms with van der Waals surface area (Å²) >= 11 is 0. The van der Waals surface area contributed by atoms with E-state index in [2.05, 4.69) is 0 Å². The van der Waals surface area contributed by atoms with Gasteiger partial charge in [-0.25, -0.2) is 4.79 Å². The Hall–Kier alpha value is 0.374. The Morgan fingerprint density at radius 2 is 1.92 bits per heavy atom. The van der Waals surface area contributed by atoms with Crippen molar-refractivity contribution in [1.29, 1.82) is 0 Å². The Morgan fingerprint density at radius 1 is 1.42 bits per heavy atom. The molecule has 0 bridgehead atoms. The van der Waals surface area contributed by atoms with E-state index in [0.29, 0.717) is 0 Å². The number of carbonyl (C=O) groups is 1. The van der Waals surface area contributed by atoms with E-state index >= 15 is 0 Å². The van der Waals surface area contributed by atoms with Crippen molar-refractivity contribution in [3.8, 4) is 0 Å². The molecular weight excluding hydrogens is 231 g/mol. The molecule has 67 valence electrons.